The topological polar surface area (TPSA) is 75.4 Å². The van der Waals surface area contributed by atoms with Gasteiger partial charge < -0.3 is 14.8 Å². The second kappa shape index (κ2) is 5.46. The Balaban J connectivity index is 1.88. The van der Waals surface area contributed by atoms with Crippen molar-refractivity contribution in [2.45, 2.75) is 20.0 Å². The third kappa shape index (κ3) is 2.95. The van der Waals surface area contributed by atoms with Crippen LogP contribution in [0.1, 0.15) is 27.2 Å². The Morgan fingerprint density at radius 3 is 3.00 bits per heavy atom. The van der Waals surface area contributed by atoms with Gasteiger partial charge in [0.2, 0.25) is 0 Å². The summed E-state index contributed by atoms with van der Waals surface area (Å²) in [7, 11) is 0. The van der Waals surface area contributed by atoms with Crippen LogP contribution < -0.4 is 5.32 Å². The predicted molar refractivity (Wildman–Crippen MR) is 65.2 cm³/mol. The van der Waals surface area contributed by atoms with E-state index in [1.54, 1.807) is 6.20 Å². The van der Waals surface area contributed by atoms with E-state index in [9.17, 15) is 4.79 Å². The molecular formula is C13H14N2O3. The number of nitrogens with zero attached hydrogens (tertiary/aromatic N) is 1. The largest absolute Gasteiger partial charge is 0.478 e. The maximum Gasteiger partial charge on any atom is 0.338 e. The van der Waals surface area contributed by atoms with Gasteiger partial charge in [0, 0.05) is 18.9 Å². The molecule has 0 aliphatic carbocycles. The molecule has 2 heterocycles. The minimum Gasteiger partial charge on any atom is -0.478 e. The van der Waals surface area contributed by atoms with Crippen LogP contribution in [0.5, 0.6) is 0 Å². The fraction of sp³-hybridized carbons (Fsp3) is 0.231. The third-order valence-electron chi connectivity index (χ3n) is 2.66. The smallest absolute Gasteiger partial charge is 0.338 e. The lowest BCUT2D eigenvalue weighted by Crippen LogP contribution is -2.13. The van der Waals surface area contributed by atoms with Crippen molar-refractivity contribution in [3.8, 4) is 0 Å². The summed E-state index contributed by atoms with van der Waals surface area (Å²) in [6, 6.07) is 3.47. The van der Waals surface area contributed by atoms with Gasteiger partial charge in [0.25, 0.3) is 0 Å². The molecule has 0 saturated heterocycles. The number of nitrogens with one attached hydrogen (secondary N) is 1. The summed E-state index contributed by atoms with van der Waals surface area (Å²) >= 11 is 0. The quantitative estimate of drug-likeness (QED) is 0.843. The van der Waals surface area contributed by atoms with Crippen molar-refractivity contribution >= 4 is 5.97 Å². The van der Waals surface area contributed by atoms with Crippen molar-refractivity contribution in [2.24, 2.45) is 0 Å². The summed E-state index contributed by atoms with van der Waals surface area (Å²) in [6.07, 6.45) is 4.81. The molecule has 2 aromatic rings. The molecule has 0 bridgehead atoms. The van der Waals surface area contributed by atoms with Crippen LogP contribution in [-0.2, 0) is 13.1 Å². The van der Waals surface area contributed by atoms with E-state index < -0.39 is 5.97 Å². The average Bonchev–Trinajstić information content (AvgIpc) is 2.80. The van der Waals surface area contributed by atoms with Crippen molar-refractivity contribution in [1.29, 1.82) is 0 Å². The molecule has 0 aliphatic rings. The lowest BCUT2D eigenvalue weighted by atomic mass is 10.1. The van der Waals surface area contributed by atoms with Crippen molar-refractivity contribution in [3.63, 3.8) is 0 Å². The SMILES string of the molecule is Cc1ccncc1CNCc1cc(C(=O)O)co1. The molecule has 0 amide bonds. The highest BCUT2D eigenvalue weighted by atomic mass is 16.4. The lowest BCUT2D eigenvalue weighted by molar-refractivity contribution is 0.0696. The molecule has 18 heavy (non-hydrogen) atoms. The average molecular weight is 246 g/mol. The molecule has 5 heteroatoms. The Morgan fingerprint density at radius 2 is 2.33 bits per heavy atom. The highest BCUT2D eigenvalue weighted by Crippen LogP contribution is 2.08. The highest BCUT2D eigenvalue weighted by molar-refractivity contribution is 5.87. The van der Waals surface area contributed by atoms with Gasteiger partial charge in [-0.15, -0.1) is 0 Å². The number of carboxylic acids is 1. The molecule has 0 unspecified atom stereocenters. The third-order valence-corrected chi connectivity index (χ3v) is 2.66. The zero-order valence-corrected chi connectivity index (χ0v) is 10.0. The fourth-order valence-electron chi connectivity index (χ4n) is 1.59. The number of pyridine rings is 1. The molecule has 94 valence electrons. The van der Waals surface area contributed by atoms with Gasteiger partial charge in [-0.05, 0) is 30.2 Å². The van der Waals surface area contributed by atoms with Gasteiger partial charge in [0.15, 0.2) is 0 Å². The first-order valence-electron chi connectivity index (χ1n) is 5.57. The van der Waals surface area contributed by atoms with E-state index in [2.05, 4.69) is 10.3 Å². The maximum absolute atomic E-state index is 10.7. The van der Waals surface area contributed by atoms with E-state index in [0.29, 0.717) is 18.8 Å². The maximum atomic E-state index is 10.7. The number of aromatic carboxylic acids is 1. The van der Waals surface area contributed by atoms with Crippen LogP contribution in [0.4, 0.5) is 0 Å². The summed E-state index contributed by atoms with van der Waals surface area (Å²) in [5, 5.41) is 11.9. The summed E-state index contributed by atoms with van der Waals surface area (Å²) in [4.78, 5) is 14.7. The van der Waals surface area contributed by atoms with Crippen LogP contribution in [0.25, 0.3) is 0 Å². The van der Waals surface area contributed by atoms with Gasteiger partial charge in [-0.1, -0.05) is 0 Å². The molecular weight excluding hydrogens is 232 g/mol. The highest BCUT2D eigenvalue weighted by Gasteiger charge is 2.07. The Hall–Kier alpha value is -2.14. The van der Waals surface area contributed by atoms with E-state index in [-0.39, 0.29) is 5.56 Å². The van der Waals surface area contributed by atoms with Gasteiger partial charge in [0.05, 0.1) is 12.1 Å². The molecule has 2 aromatic heterocycles. The molecule has 0 aromatic carbocycles. The molecule has 2 rings (SSSR count). The number of hydrogen-bond acceptors (Lipinski definition) is 4. The molecule has 5 nitrogen and oxygen atoms in total. The first-order chi connectivity index (χ1) is 8.66. The van der Waals surface area contributed by atoms with Crippen LogP contribution in [0, 0.1) is 6.92 Å². The van der Waals surface area contributed by atoms with E-state index in [1.807, 2.05) is 19.2 Å². The number of carboxylic acid groups (broad SMARTS) is 1. The minimum atomic E-state index is -0.979. The Morgan fingerprint density at radius 1 is 1.50 bits per heavy atom. The fourth-order valence-corrected chi connectivity index (χ4v) is 1.59. The van der Waals surface area contributed by atoms with E-state index in [1.165, 1.54) is 17.9 Å². The van der Waals surface area contributed by atoms with E-state index in [4.69, 9.17) is 9.52 Å². The van der Waals surface area contributed by atoms with Crippen molar-refractivity contribution in [1.82, 2.24) is 10.3 Å². The molecule has 0 radical (unpaired) electrons. The Labute approximate surface area is 104 Å². The van der Waals surface area contributed by atoms with E-state index >= 15 is 0 Å². The van der Waals surface area contributed by atoms with Gasteiger partial charge in [-0.2, -0.15) is 0 Å². The first-order valence-corrected chi connectivity index (χ1v) is 5.57. The van der Waals surface area contributed by atoms with Gasteiger partial charge in [-0.3, -0.25) is 4.98 Å². The molecule has 2 N–H and O–H groups in total. The van der Waals surface area contributed by atoms with E-state index in [0.717, 1.165) is 5.56 Å². The zero-order chi connectivity index (χ0) is 13.0. The number of aromatic nitrogens is 1. The zero-order valence-electron chi connectivity index (χ0n) is 10.0. The van der Waals surface area contributed by atoms with Crippen LogP contribution in [0.15, 0.2) is 35.2 Å². The summed E-state index contributed by atoms with van der Waals surface area (Å²) in [5.74, 6) is -0.373. The summed E-state index contributed by atoms with van der Waals surface area (Å²) in [5.41, 5.74) is 2.45. The molecule has 0 atom stereocenters. The minimum absolute atomic E-state index is 0.171. The number of aryl methyl sites for hydroxylation is 1. The normalized spacial score (nSPS) is 10.5. The number of carbonyl (C=O) groups is 1. The predicted octanol–water partition coefficient (Wildman–Crippen LogP) is 1.97. The first kappa shape index (κ1) is 12.3. The number of hydrogen-bond donors (Lipinski definition) is 2. The lowest BCUT2D eigenvalue weighted by Gasteiger charge is -2.05. The standard InChI is InChI=1S/C13H14N2O3/c1-9-2-3-14-5-11(9)6-15-7-12-4-10(8-18-12)13(16)17/h2-5,8,15H,6-7H2,1H3,(H,16,17). The van der Waals surface area contributed by atoms with Crippen LogP contribution in [0.3, 0.4) is 0 Å². The molecule has 0 spiro atoms. The second-order valence-electron chi connectivity index (χ2n) is 4.01. The van der Waals surface area contributed by atoms with Gasteiger partial charge in [0.1, 0.15) is 12.0 Å². The second-order valence-corrected chi connectivity index (χ2v) is 4.01. The monoisotopic (exact) mass is 246 g/mol. The summed E-state index contributed by atoms with van der Waals surface area (Å²) < 4.78 is 5.14. The number of furan rings is 1. The van der Waals surface area contributed by atoms with Gasteiger partial charge in [-0.25, -0.2) is 4.79 Å². The number of rotatable bonds is 5. The van der Waals surface area contributed by atoms with Gasteiger partial charge >= 0.3 is 5.97 Å². The van der Waals surface area contributed by atoms with Crippen LogP contribution >= 0.6 is 0 Å². The Kier molecular flexibility index (Phi) is 3.74. The van der Waals surface area contributed by atoms with Crippen LogP contribution in [0.2, 0.25) is 0 Å². The van der Waals surface area contributed by atoms with Crippen LogP contribution in [-0.4, -0.2) is 16.1 Å². The van der Waals surface area contributed by atoms with Crippen molar-refractivity contribution in [3.05, 3.63) is 53.2 Å². The van der Waals surface area contributed by atoms with Crippen molar-refractivity contribution < 1.29 is 14.3 Å². The Bertz CT molecular complexity index is 549. The molecule has 0 aliphatic heterocycles. The van der Waals surface area contributed by atoms with Crippen molar-refractivity contribution in [2.75, 3.05) is 0 Å². The molecule has 0 fully saturated rings. The molecule has 0 saturated carbocycles. The summed E-state index contributed by atoms with van der Waals surface area (Å²) in [6.45, 7) is 3.18.